The van der Waals surface area contributed by atoms with E-state index >= 15 is 0 Å². The average Bonchev–Trinajstić information content (AvgIpc) is 2.33. The summed E-state index contributed by atoms with van der Waals surface area (Å²) in [6.45, 7) is 1.32. The van der Waals surface area contributed by atoms with Crippen molar-refractivity contribution >= 4 is 17.6 Å². The minimum Gasteiger partial charge on any atom is -0.486 e. The Morgan fingerprint density at radius 1 is 1.53 bits per heavy atom. The van der Waals surface area contributed by atoms with E-state index in [1.165, 1.54) is 12.1 Å². The third-order valence-corrected chi connectivity index (χ3v) is 2.89. The van der Waals surface area contributed by atoms with E-state index in [1.54, 1.807) is 6.07 Å². The lowest BCUT2D eigenvalue weighted by Crippen LogP contribution is -2.28. The number of carboxylic acid groups (broad SMARTS) is 1. The molecule has 5 heteroatoms. The van der Waals surface area contributed by atoms with Gasteiger partial charge in [-0.05, 0) is 31.0 Å². The Kier molecular flexibility index (Phi) is 3.86. The van der Waals surface area contributed by atoms with Gasteiger partial charge >= 0.3 is 5.97 Å². The summed E-state index contributed by atoms with van der Waals surface area (Å²) in [6, 6.07) is 4.45. The molecule has 1 aliphatic rings. The fourth-order valence-corrected chi connectivity index (χ4v) is 1.94. The molecule has 0 amide bonds. The van der Waals surface area contributed by atoms with Gasteiger partial charge in [-0.15, -0.1) is 0 Å². The second-order valence-electron chi connectivity index (χ2n) is 3.91. The molecule has 92 valence electrons. The molecule has 1 saturated heterocycles. The SMILES string of the molecule is O=C(O)c1ccc(OC2CCCOC2)c(Cl)c1. The van der Waals surface area contributed by atoms with Crippen molar-refractivity contribution in [1.29, 1.82) is 0 Å². The number of benzene rings is 1. The number of rotatable bonds is 3. The van der Waals surface area contributed by atoms with Crippen molar-refractivity contribution in [2.45, 2.75) is 18.9 Å². The molecule has 1 aromatic carbocycles. The summed E-state index contributed by atoms with van der Waals surface area (Å²) in [5.41, 5.74) is 0.155. The van der Waals surface area contributed by atoms with Crippen molar-refractivity contribution in [3.8, 4) is 5.75 Å². The predicted molar refractivity (Wildman–Crippen MR) is 62.9 cm³/mol. The van der Waals surface area contributed by atoms with Crippen molar-refractivity contribution in [3.05, 3.63) is 28.8 Å². The van der Waals surface area contributed by atoms with Gasteiger partial charge in [0.15, 0.2) is 0 Å². The first-order valence-electron chi connectivity index (χ1n) is 5.44. The number of halogens is 1. The molecule has 4 nitrogen and oxygen atoms in total. The maximum Gasteiger partial charge on any atom is 0.335 e. The topological polar surface area (TPSA) is 55.8 Å². The fraction of sp³-hybridized carbons (Fsp3) is 0.417. The molecule has 1 heterocycles. The van der Waals surface area contributed by atoms with Gasteiger partial charge in [-0.25, -0.2) is 4.79 Å². The van der Waals surface area contributed by atoms with Crippen molar-refractivity contribution in [2.24, 2.45) is 0 Å². The highest BCUT2D eigenvalue weighted by Gasteiger charge is 2.17. The Hall–Kier alpha value is -1.26. The number of aromatic carboxylic acids is 1. The van der Waals surface area contributed by atoms with Crippen LogP contribution in [0.3, 0.4) is 0 Å². The van der Waals surface area contributed by atoms with Gasteiger partial charge in [0.2, 0.25) is 0 Å². The maximum atomic E-state index is 10.7. The Morgan fingerprint density at radius 2 is 2.35 bits per heavy atom. The van der Waals surface area contributed by atoms with E-state index in [9.17, 15) is 4.79 Å². The van der Waals surface area contributed by atoms with Gasteiger partial charge in [-0.3, -0.25) is 0 Å². The summed E-state index contributed by atoms with van der Waals surface area (Å²) >= 11 is 5.96. The zero-order chi connectivity index (χ0) is 12.3. The van der Waals surface area contributed by atoms with Crippen LogP contribution in [0.4, 0.5) is 0 Å². The summed E-state index contributed by atoms with van der Waals surface area (Å²) in [6.07, 6.45) is 1.89. The maximum absolute atomic E-state index is 10.7. The van der Waals surface area contributed by atoms with Crippen LogP contribution in [0.25, 0.3) is 0 Å². The molecule has 0 aliphatic carbocycles. The minimum absolute atomic E-state index is 0.00284. The van der Waals surface area contributed by atoms with E-state index in [1.807, 2.05) is 0 Å². The van der Waals surface area contributed by atoms with Crippen LogP contribution >= 0.6 is 11.6 Å². The predicted octanol–water partition coefficient (Wildman–Crippen LogP) is 2.60. The van der Waals surface area contributed by atoms with Crippen LogP contribution in [0.1, 0.15) is 23.2 Å². The molecule has 0 radical (unpaired) electrons. The average molecular weight is 257 g/mol. The van der Waals surface area contributed by atoms with E-state index < -0.39 is 5.97 Å². The number of ether oxygens (including phenoxy) is 2. The minimum atomic E-state index is -1.00. The van der Waals surface area contributed by atoms with E-state index in [0.29, 0.717) is 17.4 Å². The molecular weight excluding hydrogens is 244 g/mol. The highest BCUT2D eigenvalue weighted by molar-refractivity contribution is 6.32. The normalized spacial score (nSPS) is 19.9. The van der Waals surface area contributed by atoms with Crippen molar-refractivity contribution in [2.75, 3.05) is 13.2 Å². The van der Waals surface area contributed by atoms with Gasteiger partial charge in [0.25, 0.3) is 0 Å². The Bertz CT molecular complexity index is 413. The first-order chi connectivity index (χ1) is 8.16. The number of hydrogen-bond donors (Lipinski definition) is 1. The zero-order valence-electron chi connectivity index (χ0n) is 9.19. The largest absolute Gasteiger partial charge is 0.486 e. The highest BCUT2D eigenvalue weighted by Crippen LogP contribution is 2.27. The zero-order valence-corrected chi connectivity index (χ0v) is 9.94. The highest BCUT2D eigenvalue weighted by atomic mass is 35.5. The quantitative estimate of drug-likeness (QED) is 0.903. The van der Waals surface area contributed by atoms with E-state index in [4.69, 9.17) is 26.2 Å². The molecule has 1 atom stereocenters. The summed E-state index contributed by atoms with van der Waals surface area (Å²) in [5, 5.41) is 9.12. The lowest BCUT2D eigenvalue weighted by Gasteiger charge is -2.23. The molecule has 0 spiro atoms. The molecule has 1 unspecified atom stereocenters. The monoisotopic (exact) mass is 256 g/mol. The molecule has 0 bridgehead atoms. The van der Waals surface area contributed by atoms with Gasteiger partial charge in [0.05, 0.1) is 17.2 Å². The fourth-order valence-electron chi connectivity index (χ4n) is 1.71. The van der Waals surface area contributed by atoms with Crippen LogP contribution in [-0.2, 0) is 4.74 Å². The molecule has 17 heavy (non-hydrogen) atoms. The summed E-state index contributed by atoms with van der Waals surface area (Å²) in [4.78, 5) is 10.7. The molecule has 1 fully saturated rings. The molecule has 1 aliphatic heterocycles. The molecule has 1 N–H and O–H groups in total. The molecular formula is C12H13ClO4. The Morgan fingerprint density at radius 3 is 2.94 bits per heavy atom. The van der Waals surface area contributed by atoms with Crippen molar-refractivity contribution in [3.63, 3.8) is 0 Å². The molecule has 2 rings (SSSR count). The molecule has 0 aromatic heterocycles. The Balaban J connectivity index is 2.08. The third-order valence-electron chi connectivity index (χ3n) is 2.59. The summed E-state index contributed by atoms with van der Waals surface area (Å²) < 4.78 is 11.0. The summed E-state index contributed by atoms with van der Waals surface area (Å²) in [7, 11) is 0. The van der Waals surface area contributed by atoms with Crippen LogP contribution in [0.5, 0.6) is 5.75 Å². The van der Waals surface area contributed by atoms with Crippen LogP contribution in [0.15, 0.2) is 18.2 Å². The van der Waals surface area contributed by atoms with Crippen LogP contribution < -0.4 is 4.74 Å². The van der Waals surface area contributed by atoms with Crippen LogP contribution in [0.2, 0.25) is 5.02 Å². The lowest BCUT2D eigenvalue weighted by molar-refractivity contribution is 0.00746. The standard InChI is InChI=1S/C12H13ClO4/c13-10-6-8(12(14)15)3-4-11(10)17-9-2-1-5-16-7-9/h3-4,6,9H,1-2,5,7H2,(H,14,15). The van der Waals surface area contributed by atoms with Crippen molar-refractivity contribution in [1.82, 2.24) is 0 Å². The van der Waals surface area contributed by atoms with Gasteiger partial charge in [0, 0.05) is 6.61 Å². The van der Waals surface area contributed by atoms with Gasteiger partial charge < -0.3 is 14.6 Å². The second-order valence-corrected chi connectivity index (χ2v) is 4.31. The Labute approximate surface area is 104 Å². The van der Waals surface area contributed by atoms with E-state index in [2.05, 4.69) is 0 Å². The number of hydrogen-bond acceptors (Lipinski definition) is 3. The number of carbonyl (C=O) groups is 1. The van der Waals surface area contributed by atoms with Crippen molar-refractivity contribution < 1.29 is 19.4 Å². The lowest BCUT2D eigenvalue weighted by atomic mass is 10.1. The van der Waals surface area contributed by atoms with Gasteiger partial charge in [0.1, 0.15) is 11.9 Å². The third kappa shape index (κ3) is 3.11. The first kappa shape index (κ1) is 12.2. The number of carboxylic acids is 1. The molecule has 0 saturated carbocycles. The van der Waals surface area contributed by atoms with Crippen LogP contribution in [-0.4, -0.2) is 30.4 Å². The summed E-state index contributed by atoms with van der Waals surface area (Å²) in [5.74, 6) is -0.494. The first-order valence-corrected chi connectivity index (χ1v) is 5.82. The van der Waals surface area contributed by atoms with Gasteiger partial charge in [-0.1, -0.05) is 11.6 Å². The molecule has 1 aromatic rings. The second kappa shape index (κ2) is 5.38. The van der Waals surface area contributed by atoms with E-state index in [-0.39, 0.29) is 11.7 Å². The van der Waals surface area contributed by atoms with Crippen LogP contribution in [0, 0.1) is 0 Å². The van der Waals surface area contributed by atoms with Gasteiger partial charge in [-0.2, -0.15) is 0 Å². The van der Waals surface area contributed by atoms with E-state index in [0.717, 1.165) is 19.4 Å². The smallest absolute Gasteiger partial charge is 0.335 e.